The van der Waals surface area contributed by atoms with Gasteiger partial charge in [-0.1, -0.05) is 19.1 Å². The summed E-state index contributed by atoms with van der Waals surface area (Å²) in [5.41, 5.74) is 0. The molecule has 17 heavy (non-hydrogen) atoms. The summed E-state index contributed by atoms with van der Waals surface area (Å²) in [5.74, 6) is -0.0188. The van der Waals surface area contributed by atoms with Crippen LogP contribution in [0.3, 0.4) is 0 Å². The summed E-state index contributed by atoms with van der Waals surface area (Å²) in [6.07, 6.45) is 0. The lowest BCUT2D eigenvalue weighted by Gasteiger charge is -2.19. The number of sulfonamides is 1. The molecule has 0 bridgehead atoms. The number of aromatic nitrogens is 3. The van der Waals surface area contributed by atoms with Crippen molar-refractivity contribution in [3.05, 3.63) is 4.60 Å². The third kappa shape index (κ3) is 3.24. The van der Waals surface area contributed by atoms with Gasteiger partial charge in [-0.15, -0.1) is 5.10 Å². The van der Waals surface area contributed by atoms with E-state index in [1.165, 1.54) is 7.05 Å². The van der Waals surface area contributed by atoms with Crippen LogP contribution in [0.2, 0.25) is 0 Å². The third-order valence-electron chi connectivity index (χ3n) is 2.30. The normalized spacial score (nSPS) is 14.2. The van der Waals surface area contributed by atoms with Crippen LogP contribution in [0, 0.1) is 5.92 Å². The van der Waals surface area contributed by atoms with Gasteiger partial charge < -0.3 is 5.11 Å². The summed E-state index contributed by atoms with van der Waals surface area (Å²) in [6.45, 7) is 3.37. The van der Waals surface area contributed by atoms with Crippen LogP contribution in [0.4, 0.5) is 0 Å². The molecule has 0 saturated heterocycles. The number of nitrogens with one attached hydrogen (secondary N) is 1. The number of aliphatic hydroxyl groups is 1. The summed E-state index contributed by atoms with van der Waals surface area (Å²) >= 11 is 3.03. The minimum absolute atomic E-state index is 0.0188. The molecular formula is C8H15BrN4O3S. The van der Waals surface area contributed by atoms with Gasteiger partial charge in [0.15, 0.2) is 4.60 Å². The number of halogens is 1. The van der Waals surface area contributed by atoms with E-state index in [-0.39, 0.29) is 22.2 Å². The van der Waals surface area contributed by atoms with Crippen molar-refractivity contribution in [1.29, 1.82) is 0 Å². The zero-order valence-electron chi connectivity index (χ0n) is 9.75. The average Bonchev–Trinajstić information content (AvgIpc) is 2.55. The van der Waals surface area contributed by atoms with E-state index in [9.17, 15) is 8.42 Å². The first-order valence-corrected chi connectivity index (χ1v) is 7.25. The van der Waals surface area contributed by atoms with Crippen molar-refractivity contribution in [2.45, 2.75) is 24.9 Å². The van der Waals surface area contributed by atoms with Crippen LogP contribution < -0.4 is 4.72 Å². The van der Waals surface area contributed by atoms with E-state index in [1.807, 2.05) is 13.8 Å². The molecule has 98 valence electrons. The second kappa shape index (κ2) is 5.42. The average molecular weight is 327 g/mol. The quantitative estimate of drug-likeness (QED) is 0.785. The Morgan fingerprint density at radius 3 is 2.47 bits per heavy atom. The number of hydrogen-bond donors (Lipinski definition) is 2. The largest absolute Gasteiger partial charge is 0.395 e. The van der Waals surface area contributed by atoms with Crippen molar-refractivity contribution in [3.63, 3.8) is 0 Å². The first-order chi connectivity index (χ1) is 7.79. The van der Waals surface area contributed by atoms with Gasteiger partial charge in [0.05, 0.1) is 6.61 Å². The Bertz CT molecular complexity index is 465. The lowest BCUT2D eigenvalue weighted by Crippen LogP contribution is -2.41. The lowest BCUT2D eigenvalue weighted by atomic mass is 10.1. The molecule has 0 radical (unpaired) electrons. The fraction of sp³-hybridized carbons (Fsp3) is 0.750. The molecule has 7 nitrogen and oxygen atoms in total. The van der Waals surface area contributed by atoms with Gasteiger partial charge in [-0.2, -0.15) is 0 Å². The standard InChI is InChI=1S/C8H15BrN4O3S/c1-5(2)6(4-14)11-17(15,16)8-7(9)10-12-13(8)3/h5-6,11,14H,4H2,1-3H3. The lowest BCUT2D eigenvalue weighted by molar-refractivity contribution is 0.227. The maximum Gasteiger partial charge on any atom is 0.260 e. The third-order valence-corrected chi connectivity index (χ3v) is 4.68. The molecule has 1 rings (SSSR count). The van der Waals surface area contributed by atoms with E-state index in [4.69, 9.17) is 5.11 Å². The van der Waals surface area contributed by atoms with Gasteiger partial charge in [-0.25, -0.2) is 17.8 Å². The SMILES string of the molecule is CC(C)C(CO)NS(=O)(=O)c1c(Br)nnn1C. The van der Waals surface area contributed by atoms with E-state index in [2.05, 4.69) is 31.0 Å². The molecule has 1 atom stereocenters. The summed E-state index contributed by atoms with van der Waals surface area (Å²) in [5, 5.41) is 16.3. The minimum Gasteiger partial charge on any atom is -0.395 e. The number of hydrogen-bond acceptors (Lipinski definition) is 5. The molecule has 1 aromatic rings. The Kier molecular flexibility index (Phi) is 4.64. The van der Waals surface area contributed by atoms with E-state index in [1.54, 1.807) is 0 Å². The summed E-state index contributed by atoms with van der Waals surface area (Å²) in [4.78, 5) is 0. The van der Waals surface area contributed by atoms with Crippen LogP contribution in [0.25, 0.3) is 0 Å². The smallest absolute Gasteiger partial charge is 0.260 e. The van der Waals surface area contributed by atoms with Gasteiger partial charge in [-0.05, 0) is 21.8 Å². The van der Waals surface area contributed by atoms with Gasteiger partial charge in [0, 0.05) is 13.1 Å². The molecule has 1 aromatic heterocycles. The van der Waals surface area contributed by atoms with Gasteiger partial charge >= 0.3 is 0 Å². The maximum atomic E-state index is 12.1. The van der Waals surface area contributed by atoms with Crippen molar-refractivity contribution < 1.29 is 13.5 Å². The van der Waals surface area contributed by atoms with Crippen molar-refractivity contribution >= 4 is 26.0 Å². The van der Waals surface area contributed by atoms with Gasteiger partial charge in [-0.3, -0.25) is 0 Å². The molecule has 0 saturated carbocycles. The highest BCUT2D eigenvalue weighted by molar-refractivity contribution is 9.10. The van der Waals surface area contributed by atoms with Crippen molar-refractivity contribution in [2.75, 3.05) is 6.61 Å². The molecule has 1 heterocycles. The van der Waals surface area contributed by atoms with Crippen LogP contribution in [-0.2, 0) is 17.1 Å². The number of rotatable bonds is 5. The Balaban J connectivity index is 3.05. The fourth-order valence-corrected chi connectivity index (χ4v) is 3.72. The zero-order chi connectivity index (χ0) is 13.2. The molecular weight excluding hydrogens is 312 g/mol. The van der Waals surface area contributed by atoms with Crippen molar-refractivity contribution in [3.8, 4) is 0 Å². The van der Waals surface area contributed by atoms with E-state index < -0.39 is 16.1 Å². The van der Waals surface area contributed by atoms with Crippen molar-refractivity contribution in [2.24, 2.45) is 13.0 Å². The summed E-state index contributed by atoms with van der Waals surface area (Å²) in [6, 6.07) is -0.540. The molecule has 1 unspecified atom stereocenters. The predicted octanol–water partition coefficient (Wildman–Crippen LogP) is -0.127. The van der Waals surface area contributed by atoms with E-state index in [0.29, 0.717) is 0 Å². The van der Waals surface area contributed by atoms with Crippen LogP contribution >= 0.6 is 15.9 Å². The highest BCUT2D eigenvalue weighted by Gasteiger charge is 2.27. The van der Waals surface area contributed by atoms with Crippen LogP contribution in [0.1, 0.15) is 13.8 Å². The number of nitrogens with zero attached hydrogens (tertiary/aromatic N) is 3. The second-order valence-corrected chi connectivity index (χ2v) is 6.34. The molecule has 0 amide bonds. The maximum absolute atomic E-state index is 12.1. The topological polar surface area (TPSA) is 97.1 Å². The molecule has 0 aliphatic heterocycles. The number of aryl methyl sites for hydroxylation is 1. The Labute approximate surface area is 108 Å². The molecule has 2 N–H and O–H groups in total. The van der Waals surface area contributed by atoms with Crippen molar-refractivity contribution in [1.82, 2.24) is 19.7 Å². The molecule has 9 heteroatoms. The monoisotopic (exact) mass is 326 g/mol. The summed E-state index contributed by atoms with van der Waals surface area (Å²) in [7, 11) is -2.27. The van der Waals surface area contributed by atoms with Gasteiger partial charge in [0.1, 0.15) is 0 Å². The predicted molar refractivity (Wildman–Crippen MR) is 64.7 cm³/mol. The summed E-state index contributed by atoms with van der Waals surface area (Å²) < 4.78 is 27.8. The molecule has 0 aliphatic carbocycles. The number of aliphatic hydroxyl groups excluding tert-OH is 1. The first kappa shape index (κ1) is 14.6. The molecule has 0 aliphatic rings. The zero-order valence-corrected chi connectivity index (χ0v) is 12.2. The fourth-order valence-electron chi connectivity index (χ4n) is 1.25. The van der Waals surface area contributed by atoms with E-state index in [0.717, 1.165) is 4.68 Å². The van der Waals surface area contributed by atoms with Gasteiger partial charge in [0.25, 0.3) is 10.0 Å². The van der Waals surface area contributed by atoms with Crippen LogP contribution in [0.5, 0.6) is 0 Å². The highest BCUT2D eigenvalue weighted by atomic mass is 79.9. The van der Waals surface area contributed by atoms with Crippen LogP contribution in [0.15, 0.2) is 9.63 Å². The first-order valence-electron chi connectivity index (χ1n) is 4.98. The second-order valence-electron chi connectivity index (χ2n) is 3.96. The molecule has 0 spiro atoms. The van der Waals surface area contributed by atoms with Gasteiger partial charge in [0.2, 0.25) is 5.03 Å². The molecule has 0 fully saturated rings. The Morgan fingerprint density at radius 1 is 1.53 bits per heavy atom. The minimum atomic E-state index is -3.75. The molecule has 0 aromatic carbocycles. The van der Waals surface area contributed by atoms with Crippen LogP contribution in [-0.4, -0.2) is 41.2 Å². The Hall–Kier alpha value is -0.510. The Morgan fingerprint density at radius 2 is 2.12 bits per heavy atom. The van der Waals surface area contributed by atoms with E-state index >= 15 is 0 Å². The highest BCUT2D eigenvalue weighted by Crippen LogP contribution is 2.18.